The zero-order valence-electron chi connectivity index (χ0n) is 16.8. The van der Waals surface area contributed by atoms with Crippen LogP contribution in [0.3, 0.4) is 0 Å². The van der Waals surface area contributed by atoms with E-state index in [1.807, 2.05) is 0 Å². The fourth-order valence-electron chi connectivity index (χ4n) is 3.21. The molecule has 174 valence electrons. The first-order chi connectivity index (χ1) is 15.7. The number of nitrogen functional groups attached to an aromatic ring is 1. The Bertz CT molecular complexity index is 1150. The summed E-state index contributed by atoms with van der Waals surface area (Å²) in [4.78, 5) is 20.5. The molecule has 0 aliphatic carbocycles. The van der Waals surface area contributed by atoms with Gasteiger partial charge in [0.1, 0.15) is 5.69 Å². The van der Waals surface area contributed by atoms with E-state index in [0.717, 1.165) is 0 Å². The Kier molecular flexibility index (Phi) is 5.87. The van der Waals surface area contributed by atoms with Crippen LogP contribution in [0.25, 0.3) is 5.82 Å². The summed E-state index contributed by atoms with van der Waals surface area (Å²) < 4.78 is 49.6. The molecule has 33 heavy (non-hydrogen) atoms. The maximum Gasteiger partial charge on any atom is 0.573 e. The van der Waals surface area contributed by atoms with Crippen molar-refractivity contribution in [1.29, 1.82) is 0 Å². The van der Waals surface area contributed by atoms with Crippen LogP contribution in [0.5, 0.6) is 5.75 Å². The van der Waals surface area contributed by atoms with Gasteiger partial charge in [-0.1, -0.05) is 6.07 Å². The number of nitrogens with two attached hydrogens (primary N) is 1. The minimum Gasteiger partial charge on any atom is -0.403 e. The number of nitro benzene ring substituents is 1. The second-order valence-electron chi connectivity index (χ2n) is 6.76. The lowest BCUT2D eigenvalue weighted by Gasteiger charge is -2.29. The average Bonchev–Trinajstić information content (AvgIpc) is 3.14. The van der Waals surface area contributed by atoms with E-state index in [-0.39, 0.29) is 23.3 Å². The van der Waals surface area contributed by atoms with Crippen molar-refractivity contribution in [2.24, 2.45) is 0 Å². The first-order valence-electron chi connectivity index (χ1n) is 9.53. The average molecular weight is 466 g/mol. The van der Waals surface area contributed by atoms with Crippen molar-refractivity contribution in [1.82, 2.24) is 19.7 Å². The van der Waals surface area contributed by atoms with E-state index in [4.69, 9.17) is 10.5 Å². The lowest BCUT2D eigenvalue weighted by Crippen LogP contribution is -2.36. The van der Waals surface area contributed by atoms with Crippen LogP contribution in [0.15, 0.2) is 36.5 Å². The zero-order chi connectivity index (χ0) is 23.6. The molecule has 12 nitrogen and oxygen atoms in total. The van der Waals surface area contributed by atoms with Crippen molar-refractivity contribution >= 4 is 29.0 Å². The maximum absolute atomic E-state index is 13.0. The third-order valence-corrected chi connectivity index (χ3v) is 4.60. The Morgan fingerprint density at radius 3 is 2.64 bits per heavy atom. The normalized spacial score (nSPS) is 14.2. The number of aromatic nitrogens is 4. The van der Waals surface area contributed by atoms with Crippen molar-refractivity contribution in [3.05, 3.63) is 46.6 Å². The van der Waals surface area contributed by atoms with Crippen molar-refractivity contribution in [2.45, 2.75) is 6.36 Å². The third-order valence-electron chi connectivity index (χ3n) is 4.60. The summed E-state index contributed by atoms with van der Waals surface area (Å²) >= 11 is 0. The lowest BCUT2D eigenvalue weighted by molar-refractivity contribution is -0.384. The molecule has 0 saturated carbocycles. The number of rotatable bonds is 6. The van der Waals surface area contributed by atoms with E-state index >= 15 is 0 Å². The van der Waals surface area contributed by atoms with Crippen molar-refractivity contribution in [3.63, 3.8) is 0 Å². The number of anilines is 4. The van der Waals surface area contributed by atoms with Crippen LogP contribution < -0.4 is 20.7 Å². The second-order valence-corrected chi connectivity index (χ2v) is 6.76. The van der Waals surface area contributed by atoms with Crippen LogP contribution in [0, 0.1) is 10.1 Å². The molecule has 1 aromatic carbocycles. The summed E-state index contributed by atoms with van der Waals surface area (Å²) in [6.07, 6.45) is -3.59. The molecule has 1 fully saturated rings. The van der Waals surface area contributed by atoms with Gasteiger partial charge in [0.25, 0.3) is 5.69 Å². The molecule has 15 heteroatoms. The number of benzene rings is 1. The zero-order valence-corrected chi connectivity index (χ0v) is 16.8. The number of hydrogen-bond acceptors (Lipinski definition) is 10. The van der Waals surface area contributed by atoms with E-state index in [1.54, 1.807) is 23.1 Å². The number of nitrogens with zero attached hydrogens (tertiary/aromatic N) is 6. The Labute approximate surface area is 183 Å². The number of halogens is 3. The summed E-state index contributed by atoms with van der Waals surface area (Å²) in [7, 11) is 0. The van der Waals surface area contributed by atoms with E-state index in [9.17, 15) is 23.3 Å². The van der Waals surface area contributed by atoms with Crippen LogP contribution in [0.2, 0.25) is 0 Å². The molecule has 1 aliphatic rings. The number of hydrogen-bond donors (Lipinski definition) is 2. The SMILES string of the molecule is Nc1nc(Nc2cc(N3CCOCC3)c([N+](=O)[O-])cc2OC(F)(F)F)nn1-c1ccccn1. The van der Waals surface area contributed by atoms with Crippen molar-refractivity contribution in [3.8, 4) is 11.6 Å². The minimum absolute atomic E-state index is 0.0789. The fraction of sp³-hybridized carbons (Fsp3) is 0.278. The van der Waals surface area contributed by atoms with Gasteiger partial charge in [0.15, 0.2) is 11.6 Å². The number of nitro groups is 1. The van der Waals surface area contributed by atoms with Gasteiger partial charge in [-0.05, 0) is 18.2 Å². The maximum atomic E-state index is 13.0. The molecule has 0 spiro atoms. The fourth-order valence-corrected chi connectivity index (χ4v) is 3.21. The van der Waals surface area contributed by atoms with Gasteiger partial charge in [0.2, 0.25) is 11.9 Å². The van der Waals surface area contributed by atoms with Crippen LogP contribution >= 0.6 is 0 Å². The first kappa shape index (κ1) is 22.1. The summed E-state index contributed by atoms with van der Waals surface area (Å²) in [5.74, 6) is -0.726. The van der Waals surface area contributed by atoms with Gasteiger partial charge in [0.05, 0.1) is 29.9 Å². The lowest BCUT2D eigenvalue weighted by atomic mass is 10.2. The molecule has 3 aromatic rings. The number of pyridine rings is 1. The topological polar surface area (TPSA) is 146 Å². The summed E-state index contributed by atoms with van der Waals surface area (Å²) in [5, 5.41) is 18.3. The molecule has 3 N–H and O–H groups in total. The predicted octanol–water partition coefficient (Wildman–Crippen LogP) is 2.63. The highest BCUT2D eigenvalue weighted by molar-refractivity contribution is 5.77. The van der Waals surface area contributed by atoms with Crippen LogP contribution in [-0.4, -0.2) is 57.3 Å². The molecule has 2 aromatic heterocycles. The van der Waals surface area contributed by atoms with Gasteiger partial charge in [-0.3, -0.25) is 10.1 Å². The summed E-state index contributed by atoms with van der Waals surface area (Å²) in [5.41, 5.74) is 5.17. The third kappa shape index (κ3) is 5.03. The summed E-state index contributed by atoms with van der Waals surface area (Å²) in [6, 6.07) is 6.87. The Balaban J connectivity index is 1.76. The van der Waals surface area contributed by atoms with Crippen LogP contribution in [0.4, 0.5) is 42.1 Å². The van der Waals surface area contributed by atoms with Gasteiger partial charge in [-0.2, -0.15) is 9.67 Å². The number of alkyl halides is 3. The van der Waals surface area contributed by atoms with Gasteiger partial charge in [-0.15, -0.1) is 18.3 Å². The highest BCUT2D eigenvalue weighted by atomic mass is 19.4. The molecule has 1 aliphatic heterocycles. The van der Waals surface area contributed by atoms with E-state index in [2.05, 4.69) is 25.1 Å². The Hall–Kier alpha value is -4.14. The number of morpholine rings is 1. The second kappa shape index (κ2) is 8.78. The molecule has 0 unspecified atom stereocenters. The number of nitrogens with one attached hydrogen (secondary N) is 1. The van der Waals surface area contributed by atoms with Crippen LogP contribution in [-0.2, 0) is 4.74 Å². The van der Waals surface area contributed by atoms with E-state index in [1.165, 1.54) is 16.9 Å². The molecule has 0 bridgehead atoms. The minimum atomic E-state index is -5.09. The van der Waals surface area contributed by atoms with Gasteiger partial charge in [0, 0.05) is 19.3 Å². The summed E-state index contributed by atoms with van der Waals surface area (Å²) in [6.45, 7) is 1.26. The Morgan fingerprint density at radius 2 is 2.00 bits per heavy atom. The van der Waals surface area contributed by atoms with Crippen LogP contribution in [0.1, 0.15) is 0 Å². The molecule has 1 saturated heterocycles. The van der Waals surface area contributed by atoms with Gasteiger partial charge < -0.3 is 25.4 Å². The van der Waals surface area contributed by atoms with E-state index in [0.29, 0.717) is 38.2 Å². The number of ether oxygens (including phenoxy) is 2. The highest BCUT2D eigenvalue weighted by Crippen LogP contribution is 2.41. The molecule has 4 rings (SSSR count). The Morgan fingerprint density at radius 1 is 1.24 bits per heavy atom. The van der Waals surface area contributed by atoms with Crippen molar-refractivity contribution < 1.29 is 27.6 Å². The molecule has 0 atom stereocenters. The molecule has 0 amide bonds. The largest absolute Gasteiger partial charge is 0.573 e. The van der Waals surface area contributed by atoms with Gasteiger partial charge >= 0.3 is 6.36 Å². The molecule has 3 heterocycles. The highest BCUT2D eigenvalue weighted by Gasteiger charge is 2.35. The smallest absolute Gasteiger partial charge is 0.403 e. The predicted molar refractivity (Wildman–Crippen MR) is 110 cm³/mol. The quantitative estimate of drug-likeness (QED) is 0.410. The van der Waals surface area contributed by atoms with E-state index < -0.39 is 22.7 Å². The molecular formula is C18H17F3N8O4. The standard InChI is InChI=1S/C18H17F3N8O4/c19-18(20,21)33-14-10-13(29(30)31)12(27-5-7-32-8-6-27)9-11(14)24-17-25-16(22)28(26-17)15-3-1-2-4-23-15/h1-4,9-10H,5-8H2,(H3,22,24,25,26). The molecular weight excluding hydrogens is 449 g/mol. The molecule has 0 radical (unpaired) electrons. The van der Waals surface area contributed by atoms with Gasteiger partial charge in [-0.25, -0.2) is 4.98 Å². The monoisotopic (exact) mass is 466 g/mol. The van der Waals surface area contributed by atoms with Crippen molar-refractivity contribution in [2.75, 3.05) is 42.3 Å². The first-order valence-corrected chi connectivity index (χ1v) is 9.53.